The maximum atomic E-state index is 11.0. The molecule has 0 saturated heterocycles. The van der Waals surface area contributed by atoms with Crippen molar-refractivity contribution in [2.24, 2.45) is 11.7 Å². The molecule has 4 heteroatoms. The normalized spacial score (nSPS) is 16.6. The lowest BCUT2D eigenvalue weighted by molar-refractivity contribution is 0.100. The van der Waals surface area contributed by atoms with Crippen LogP contribution in [0.2, 0.25) is 5.02 Å². The summed E-state index contributed by atoms with van der Waals surface area (Å²) in [4.78, 5) is 11.0. The molecule has 1 unspecified atom stereocenters. The summed E-state index contributed by atoms with van der Waals surface area (Å²) in [5.41, 5.74) is 6.54. The molecule has 2 rings (SSSR count). The molecule has 0 aliphatic heterocycles. The minimum Gasteiger partial charge on any atom is -0.382 e. The third-order valence-electron chi connectivity index (χ3n) is 3.22. The Balaban J connectivity index is 2.11. The van der Waals surface area contributed by atoms with Crippen LogP contribution >= 0.6 is 11.6 Å². The van der Waals surface area contributed by atoms with Crippen LogP contribution in [0.4, 0.5) is 5.69 Å². The van der Waals surface area contributed by atoms with Crippen molar-refractivity contribution in [1.82, 2.24) is 0 Å². The summed E-state index contributed by atoms with van der Waals surface area (Å²) >= 11 is 6.01. The van der Waals surface area contributed by atoms with Crippen LogP contribution in [-0.4, -0.2) is 11.9 Å². The number of halogens is 1. The van der Waals surface area contributed by atoms with Crippen molar-refractivity contribution < 1.29 is 4.79 Å². The second-order valence-electron chi connectivity index (χ2n) is 4.56. The van der Waals surface area contributed by atoms with Gasteiger partial charge in [0.1, 0.15) is 0 Å². The van der Waals surface area contributed by atoms with Gasteiger partial charge in [0.05, 0.1) is 10.6 Å². The number of benzene rings is 1. The Morgan fingerprint density at radius 3 is 2.76 bits per heavy atom. The molecule has 0 bridgehead atoms. The molecule has 92 valence electrons. The summed E-state index contributed by atoms with van der Waals surface area (Å²) in [5.74, 6) is 0.297. The molecule has 1 saturated carbocycles. The SMILES string of the molecule is CCC(Nc1ccc(C(N)=O)c(Cl)c1)C1CC1. The molecule has 0 aromatic heterocycles. The third kappa shape index (κ3) is 2.91. The molecule has 1 aliphatic carbocycles. The van der Waals surface area contributed by atoms with Crippen molar-refractivity contribution in [3.8, 4) is 0 Å². The number of rotatable bonds is 5. The van der Waals surface area contributed by atoms with E-state index in [0.717, 1.165) is 18.0 Å². The van der Waals surface area contributed by atoms with E-state index in [1.54, 1.807) is 12.1 Å². The minimum absolute atomic E-state index is 0.372. The van der Waals surface area contributed by atoms with Crippen LogP contribution in [0, 0.1) is 5.92 Å². The molecule has 0 radical (unpaired) electrons. The first-order valence-electron chi connectivity index (χ1n) is 5.97. The number of carbonyl (C=O) groups excluding carboxylic acids is 1. The average molecular weight is 253 g/mol. The average Bonchev–Trinajstić information content (AvgIpc) is 3.09. The number of carbonyl (C=O) groups is 1. The highest BCUT2D eigenvalue weighted by Crippen LogP contribution is 2.36. The van der Waals surface area contributed by atoms with Gasteiger partial charge in [-0.25, -0.2) is 0 Å². The Hall–Kier alpha value is -1.22. The monoisotopic (exact) mass is 252 g/mol. The predicted molar refractivity (Wildman–Crippen MR) is 70.4 cm³/mol. The maximum absolute atomic E-state index is 11.0. The van der Waals surface area contributed by atoms with Crippen LogP contribution in [0.3, 0.4) is 0 Å². The minimum atomic E-state index is -0.490. The number of nitrogens with two attached hydrogens (primary N) is 1. The number of hydrogen-bond acceptors (Lipinski definition) is 2. The van der Waals surface area contributed by atoms with Crippen LogP contribution in [0.25, 0.3) is 0 Å². The molecular formula is C13H17ClN2O. The molecule has 3 N–H and O–H groups in total. The second kappa shape index (κ2) is 4.96. The summed E-state index contributed by atoms with van der Waals surface area (Å²) < 4.78 is 0. The highest BCUT2D eigenvalue weighted by Gasteiger charge is 2.29. The smallest absolute Gasteiger partial charge is 0.250 e. The molecule has 0 spiro atoms. The zero-order chi connectivity index (χ0) is 12.4. The number of primary amides is 1. The van der Waals surface area contributed by atoms with Crippen molar-refractivity contribution in [3.05, 3.63) is 28.8 Å². The topological polar surface area (TPSA) is 55.1 Å². The Morgan fingerprint density at radius 1 is 1.59 bits per heavy atom. The zero-order valence-electron chi connectivity index (χ0n) is 9.87. The van der Waals surface area contributed by atoms with Gasteiger partial charge in [0.2, 0.25) is 5.91 Å². The summed E-state index contributed by atoms with van der Waals surface area (Å²) in [6, 6.07) is 5.81. The highest BCUT2D eigenvalue weighted by atomic mass is 35.5. The Bertz CT molecular complexity index is 429. The number of amides is 1. The molecule has 1 atom stereocenters. The predicted octanol–water partition coefficient (Wildman–Crippen LogP) is 3.04. The van der Waals surface area contributed by atoms with E-state index in [9.17, 15) is 4.79 Å². The van der Waals surface area contributed by atoms with Crippen molar-refractivity contribution in [2.75, 3.05) is 5.32 Å². The van der Waals surface area contributed by atoms with Gasteiger partial charge in [0, 0.05) is 11.7 Å². The molecule has 1 fully saturated rings. The summed E-state index contributed by atoms with van der Waals surface area (Å²) in [6.07, 6.45) is 3.71. The lowest BCUT2D eigenvalue weighted by Crippen LogP contribution is -2.20. The van der Waals surface area contributed by atoms with E-state index in [1.165, 1.54) is 12.8 Å². The Labute approximate surface area is 106 Å². The first-order chi connectivity index (χ1) is 8.11. The van der Waals surface area contributed by atoms with Gasteiger partial charge in [0.15, 0.2) is 0 Å². The quantitative estimate of drug-likeness (QED) is 0.846. The van der Waals surface area contributed by atoms with Gasteiger partial charge in [-0.15, -0.1) is 0 Å². The third-order valence-corrected chi connectivity index (χ3v) is 3.53. The molecule has 0 heterocycles. The Kier molecular flexibility index (Phi) is 3.57. The number of hydrogen-bond donors (Lipinski definition) is 2. The fourth-order valence-corrected chi connectivity index (χ4v) is 2.34. The maximum Gasteiger partial charge on any atom is 0.250 e. The largest absolute Gasteiger partial charge is 0.382 e. The number of anilines is 1. The molecule has 1 aliphatic rings. The van der Waals surface area contributed by atoms with Crippen molar-refractivity contribution in [1.29, 1.82) is 0 Å². The summed E-state index contributed by atoms with van der Waals surface area (Å²) in [7, 11) is 0. The first-order valence-corrected chi connectivity index (χ1v) is 6.35. The molecule has 1 aromatic rings. The van der Waals surface area contributed by atoms with E-state index in [-0.39, 0.29) is 0 Å². The Morgan fingerprint density at radius 2 is 2.29 bits per heavy atom. The van der Waals surface area contributed by atoms with Gasteiger partial charge in [-0.05, 0) is 43.4 Å². The standard InChI is InChI=1S/C13H17ClN2O/c1-2-12(8-3-4-8)16-9-5-6-10(13(15)17)11(14)7-9/h5-8,12,16H,2-4H2,1H3,(H2,15,17). The molecule has 17 heavy (non-hydrogen) atoms. The van der Waals surface area contributed by atoms with Crippen molar-refractivity contribution in [2.45, 2.75) is 32.2 Å². The first kappa shape index (κ1) is 12.2. The van der Waals surface area contributed by atoms with Crippen molar-refractivity contribution in [3.63, 3.8) is 0 Å². The fourth-order valence-electron chi connectivity index (χ4n) is 2.07. The summed E-state index contributed by atoms with van der Waals surface area (Å²) in [6.45, 7) is 2.18. The van der Waals surface area contributed by atoms with Gasteiger partial charge in [-0.2, -0.15) is 0 Å². The molecule has 3 nitrogen and oxygen atoms in total. The van der Waals surface area contributed by atoms with Gasteiger partial charge in [0.25, 0.3) is 0 Å². The zero-order valence-corrected chi connectivity index (χ0v) is 10.6. The van der Waals surface area contributed by atoms with Crippen LogP contribution in [0.15, 0.2) is 18.2 Å². The van der Waals surface area contributed by atoms with Gasteiger partial charge >= 0.3 is 0 Å². The lowest BCUT2D eigenvalue weighted by atomic mass is 10.1. The lowest BCUT2D eigenvalue weighted by Gasteiger charge is -2.18. The van der Waals surface area contributed by atoms with E-state index >= 15 is 0 Å². The molecule has 1 amide bonds. The fraction of sp³-hybridized carbons (Fsp3) is 0.462. The summed E-state index contributed by atoms with van der Waals surface area (Å²) in [5, 5.41) is 3.87. The van der Waals surface area contributed by atoms with E-state index in [4.69, 9.17) is 17.3 Å². The molecule has 1 aromatic carbocycles. The van der Waals surface area contributed by atoms with E-state index in [1.807, 2.05) is 6.07 Å². The molecular weight excluding hydrogens is 236 g/mol. The number of nitrogens with one attached hydrogen (secondary N) is 1. The van der Waals surface area contributed by atoms with Gasteiger partial charge in [-0.3, -0.25) is 4.79 Å². The van der Waals surface area contributed by atoms with Gasteiger partial charge in [-0.1, -0.05) is 18.5 Å². The van der Waals surface area contributed by atoms with Gasteiger partial charge < -0.3 is 11.1 Å². The van der Waals surface area contributed by atoms with E-state index < -0.39 is 5.91 Å². The van der Waals surface area contributed by atoms with Crippen LogP contribution in [0.5, 0.6) is 0 Å². The highest BCUT2D eigenvalue weighted by molar-refractivity contribution is 6.34. The van der Waals surface area contributed by atoms with Crippen LogP contribution in [-0.2, 0) is 0 Å². The van der Waals surface area contributed by atoms with E-state index in [0.29, 0.717) is 16.6 Å². The van der Waals surface area contributed by atoms with Crippen LogP contribution < -0.4 is 11.1 Å². The van der Waals surface area contributed by atoms with Crippen LogP contribution in [0.1, 0.15) is 36.5 Å². The van der Waals surface area contributed by atoms with Crippen molar-refractivity contribution >= 4 is 23.2 Å². The second-order valence-corrected chi connectivity index (χ2v) is 4.96. The van der Waals surface area contributed by atoms with E-state index in [2.05, 4.69) is 12.2 Å².